The average Bonchev–Trinajstić information content (AvgIpc) is 3.25. The Morgan fingerprint density at radius 3 is 2.58 bits per heavy atom. The van der Waals surface area contributed by atoms with Crippen LogP contribution in [0.4, 0.5) is 4.39 Å². The molecule has 0 bridgehead atoms. The van der Waals surface area contributed by atoms with Gasteiger partial charge < -0.3 is 4.74 Å². The van der Waals surface area contributed by atoms with Gasteiger partial charge in [-0.3, -0.25) is 0 Å². The van der Waals surface area contributed by atoms with Crippen molar-refractivity contribution in [1.82, 2.24) is 0 Å². The van der Waals surface area contributed by atoms with Gasteiger partial charge in [0.15, 0.2) is 0 Å². The smallest absolute Gasteiger partial charge is 0.141 e. The zero-order valence-electron chi connectivity index (χ0n) is 10.4. The van der Waals surface area contributed by atoms with E-state index in [1.807, 2.05) is 36.4 Å². The van der Waals surface area contributed by atoms with Gasteiger partial charge in [0.1, 0.15) is 18.2 Å². The molecule has 0 saturated heterocycles. The molecule has 19 heavy (non-hydrogen) atoms. The number of rotatable bonds is 4. The van der Waals surface area contributed by atoms with Gasteiger partial charge in [-0.25, -0.2) is 4.39 Å². The summed E-state index contributed by atoms with van der Waals surface area (Å²) in [5, 5.41) is 0. The van der Waals surface area contributed by atoms with Crippen LogP contribution in [0.15, 0.2) is 46.9 Å². The van der Waals surface area contributed by atoms with Crippen molar-refractivity contribution in [3.63, 3.8) is 0 Å². The lowest BCUT2D eigenvalue weighted by Crippen LogP contribution is -1.99. The van der Waals surface area contributed by atoms with Gasteiger partial charge in [0, 0.05) is 6.07 Å². The van der Waals surface area contributed by atoms with E-state index in [2.05, 4.69) is 15.9 Å². The number of halogens is 2. The molecule has 0 amide bonds. The quantitative estimate of drug-likeness (QED) is 0.766. The van der Waals surface area contributed by atoms with Crippen LogP contribution in [-0.2, 0) is 6.61 Å². The molecule has 1 fully saturated rings. The Hall–Kier alpha value is -1.35. The summed E-state index contributed by atoms with van der Waals surface area (Å²) in [6.07, 6.45) is 2.33. The number of ether oxygens (including phenoxy) is 1. The van der Waals surface area contributed by atoms with Gasteiger partial charge in [-0.05, 0) is 51.9 Å². The van der Waals surface area contributed by atoms with Crippen molar-refractivity contribution in [3.8, 4) is 5.75 Å². The highest BCUT2D eigenvalue weighted by Crippen LogP contribution is 2.45. The summed E-state index contributed by atoms with van der Waals surface area (Å²) in [7, 11) is 0. The maximum absolute atomic E-state index is 13.6. The minimum atomic E-state index is -0.271. The first kappa shape index (κ1) is 12.7. The maximum atomic E-state index is 13.6. The minimum Gasteiger partial charge on any atom is -0.489 e. The second kappa shape index (κ2) is 5.33. The molecule has 1 aliphatic rings. The van der Waals surface area contributed by atoms with Gasteiger partial charge in [0.2, 0.25) is 0 Å². The molecule has 0 heterocycles. The number of hydrogen-bond acceptors (Lipinski definition) is 1. The van der Waals surface area contributed by atoms with E-state index in [1.54, 1.807) is 0 Å². The van der Waals surface area contributed by atoms with E-state index in [0.29, 0.717) is 22.7 Å². The average molecular weight is 321 g/mol. The van der Waals surface area contributed by atoms with E-state index in [1.165, 1.54) is 18.9 Å². The Balaban J connectivity index is 1.81. The highest BCUT2D eigenvalue weighted by atomic mass is 79.9. The van der Waals surface area contributed by atoms with Crippen molar-refractivity contribution in [2.45, 2.75) is 25.4 Å². The molecule has 1 saturated carbocycles. The van der Waals surface area contributed by atoms with E-state index in [4.69, 9.17) is 4.74 Å². The van der Waals surface area contributed by atoms with Gasteiger partial charge in [0.05, 0.1) is 4.47 Å². The summed E-state index contributed by atoms with van der Waals surface area (Å²) in [6.45, 7) is 0.474. The van der Waals surface area contributed by atoms with E-state index in [-0.39, 0.29) is 5.82 Å². The highest BCUT2D eigenvalue weighted by molar-refractivity contribution is 9.10. The number of hydrogen-bond donors (Lipinski definition) is 0. The fraction of sp³-hybridized carbons (Fsp3) is 0.250. The molecule has 0 radical (unpaired) electrons. The standard InChI is InChI=1S/C16H14BrFO/c17-14-8-13(12-6-7-12)16(9-15(14)18)19-10-11-4-2-1-3-5-11/h1-5,8-9,12H,6-7,10H2. The number of benzene rings is 2. The lowest BCUT2D eigenvalue weighted by atomic mass is 10.1. The SMILES string of the molecule is Fc1cc(OCc2ccccc2)c(C2CC2)cc1Br. The second-order valence-corrected chi connectivity index (χ2v) is 5.71. The van der Waals surface area contributed by atoms with Crippen LogP contribution < -0.4 is 4.74 Å². The van der Waals surface area contributed by atoms with Crippen LogP contribution in [0.1, 0.15) is 29.9 Å². The summed E-state index contributed by atoms with van der Waals surface area (Å²) < 4.78 is 20.0. The zero-order chi connectivity index (χ0) is 13.2. The van der Waals surface area contributed by atoms with Gasteiger partial charge in [-0.15, -0.1) is 0 Å². The largest absolute Gasteiger partial charge is 0.489 e. The van der Waals surface area contributed by atoms with Crippen LogP contribution in [0.2, 0.25) is 0 Å². The van der Waals surface area contributed by atoms with Crippen molar-refractivity contribution in [2.75, 3.05) is 0 Å². The van der Waals surface area contributed by atoms with Crippen molar-refractivity contribution in [2.24, 2.45) is 0 Å². The lowest BCUT2D eigenvalue weighted by Gasteiger charge is -2.12. The van der Waals surface area contributed by atoms with Crippen LogP contribution in [0.3, 0.4) is 0 Å². The topological polar surface area (TPSA) is 9.23 Å². The molecule has 0 aromatic heterocycles. The van der Waals surface area contributed by atoms with E-state index in [9.17, 15) is 4.39 Å². The molecular weight excluding hydrogens is 307 g/mol. The third-order valence-corrected chi connectivity index (χ3v) is 3.91. The Labute approximate surface area is 120 Å². The van der Waals surface area contributed by atoms with Crippen molar-refractivity contribution < 1.29 is 9.13 Å². The molecule has 0 atom stereocenters. The first-order chi connectivity index (χ1) is 9.24. The van der Waals surface area contributed by atoms with Crippen LogP contribution in [-0.4, -0.2) is 0 Å². The monoisotopic (exact) mass is 320 g/mol. The normalized spacial score (nSPS) is 14.4. The fourth-order valence-corrected chi connectivity index (χ4v) is 2.48. The summed E-state index contributed by atoms with van der Waals surface area (Å²) in [6, 6.07) is 13.3. The molecule has 2 aromatic rings. The predicted molar refractivity (Wildman–Crippen MR) is 76.8 cm³/mol. The summed E-state index contributed by atoms with van der Waals surface area (Å²) >= 11 is 3.24. The molecular formula is C16H14BrFO. The van der Waals surface area contributed by atoms with Crippen LogP contribution in [0.5, 0.6) is 5.75 Å². The Morgan fingerprint density at radius 2 is 1.89 bits per heavy atom. The summed E-state index contributed by atoms with van der Waals surface area (Å²) in [5.41, 5.74) is 2.21. The molecule has 3 rings (SSSR count). The lowest BCUT2D eigenvalue weighted by molar-refractivity contribution is 0.301. The Morgan fingerprint density at radius 1 is 1.16 bits per heavy atom. The third-order valence-electron chi connectivity index (χ3n) is 3.31. The second-order valence-electron chi connectivity index (χ2n) is 4.85. The maximum Gasteiger partial charge on any atom is 0.141 e. The van der Waals surface area contributed by atoms with E-state index in [0.717, 1.165) is 11.1 Å². The van der Waals surface area contributed by atoms with Gasteiger partial charge in [0.25, 0.3) is 0 Å². The van der Waals surface area contributed by atoms with Crippen molar-refractivity contribution in [3.05, 3.63) is 63.9 Å². The van der Waals surface area contributed by atoms with Crippen molar-refractivity contribution in [1.29, 1.82) is 0 Å². The van der Waals surface area contributed by atoms with Crippen LogP contribution in [0.25, 0.3) is 0 Å². The first-order valence-corrected chi connectivity index (χ1v) is 7.19. The molecule has 0 spiro atoms. The molecule has 0 aliphatic heterocycles. The van der Waals surface area contributed by atoms with E-state index < -0.39 is 0 Å². The van der Waals surface area contributed by atoms with Crippen molar-refractivity contribution >= 4 is 15.9 Å². The summed E-state index contributed by atoms with van der Waals surface area (Å²) in [4.78, 5) is 0. The first-order valence-electron chi connectivity index (χ1n) is 6.39. The highest BCUT2D eigenvalue weighted by Gasteiger charge is 2.28. The van der Waals surface area contributed by atoms with Gasteiger partial charge in [-0.1, -0.05) is 30.3 Å². The third kappa shape index (κ3) is 2.98. The minimum absolute atomic E-state index is 0.271. The predicted octanol–water partition coefficient (Wildman–Crippen LogP) is 5.04. The molecule has 1 nitrogen and oxygen atoms in total. The van der Waals surface area contributed by atoms with E-state index >= 15 is 0 Å². The van der Waals surface area contributed by atoms with Crippen LogP contribution >= 0.6 is 15.9 Å². The fourth-order valence-electron chi connectivity index (χ4n) is 2.12. The molecule has 0 unspecified atom stereocenters. The molecule has 0 N–H and O–H groups in total. The van der Waals surface area contributed by atoms with Gasteiger partial charge >= 0.3 is 0 Å². The molecule has 3 heteroatoms. The Kier molecular flexibility index (Phi) is 3.56. The molecule has 98 valence electrons. The summed E-state index contributed by atoms with van der Waals surface area (Å²) in [5.74, 6) is 0.933. The van der Waals surface area contributed by atoms with Crippen LogP contribution in [0, 0.1) is 5.82 Å². The molecule has 2 aromatic carbocycles. The Bertz CT molecular complexity index is 579. The van der Waals surface area contributed by atoms with Gasteiger partial charge in [-0.2, -0.15) is 0 Å². The molecule has 1 aliphatic carbocycles. The zero-order valence-corrected chi connectivity index (χ0v) is 12.0.